The molecule has 2 aromatic rings. The Labute approximate surface area is 119 Å². The number of nitrogens with zero attached hydrogens (tertiary/aromatic N) is 1. The van der Waals surface area contributed by atoms with Crippen LogP contribution in [0.4, 0.5) is 0 Å². The fourth-order valence-corrected chi connectivity index (χ4v) is 2.25. The minimum atomic E-state index is 0.305. The number of pyridine rings is 1. The van der Waals surface area contributed by atoms with E-state index in [1.54, 1.807) is 0 Å². The monoisotopic (exact) mass is 274 g/mol. The molecule has 1 aromatic carbocycles. The Morgan fingerprint density at radius 1 is 1.11 bits per heavy atom. The van der Waals surface area contributed by atoms with Gasteiger partial charge in [-0.3, -0.25) is 4.98 Å². The summed E-state index contributed by atoms with van der Waals surface area (Å²) in [7, 11) is 0. The fourth-order valence-electron chi connectivity index (χ4n) is 2.13. The van der Waals surface area contributed by atoms with E-state index in [1.165, 1.54) is 5.56 Å². The van der Waals surface area contributed by atoms with Gasteiger partial charge in [0.1, 0.15) is 0 Å². The number of aromatic nitrogens is 1. The highest BCUT2D eigenvalue weighted by Crippen LogP contribution is 2.23. The zero-order valence-electron chi connectivity index (χ0n) is 11.3. The number of nitrogens with one attached hydrogen (secondary N) is 1. The molecule has 0 aliphatic rings. The lowest BCUT2D eigenvalue weighted by atomic mass is 9.96. The van der Waals surface area contributed by atoms with Gasteiger partial charge in [0.2, 0.25) is 0 Å². The Hall–Kier alpha value is -1.38. The molecule has 0 radical (unpaired) electrons. The molecule has 2 nitrogen and oxygen atoms in total. The molecule has 0 saturated heterocycles. The van der Waals surface area contributed by atoms with Crippen LogP contribution in [-0.2, 0) is 6.54 Å². The molecule has 0 bridgehead atoms. The second-order valence-corrected chi connectivity index (χ2v) is 5.41. The normalized spacial score (nSPS) is 12.6. The maximum Gasteiger partial charge on any atom is 0.0541 e. The van der Waals surface area contributed by atoms with Crippen molar-refractivity contribution >= 4 is 11.6 Å². The van der Waals surface area contributed by atoms with Crippen LogP contribution in [0.25, 0.3) is 0 Å². The molecule has 1 heterocycles. The van der Waals surface area contributed by atoms with Crippen molar-refractivity contribution in [2.45, 2.75) is 26.4 Å². The van der Waals surface area contributed by atoms with E-state index in [-0.39, 0.29) is 0 Å². The number of benzene rings is 1. The molecule has 3 heteroatoms. The standard InChI is InChI=1S/C16H19ClN2/c1-12(2)16(13-6-8-14(17)9-7-13)19-11-15-5-3-4-10-18-15/h3-10,12,16,19H,11H2,1-2H3. The Balaban J connectivity index is 2.06. The molecule has 1 atom stereocenters. The summed E-state index contributed by atoms with van der Waals surface area (Å²) >= 11 is 5.94. The number of hydrogen-bond donors (Lipinski definition) is 1. The quantitative estimate of drug-likeness (QED) is 0.883. The molecule has 1 unspecified atom stereocenters. The molecule has 0 amide bonds. The van der Waals surface area contributed by atoms with Gasteiger partial charge in [-0.15, -0.1) is 0 Å². The Kier molecular flexibility index (Phi) is 4.94. The third-order valence-corrected chi connectivity index (χ3v) is 3.38. The van der Waals surface area contributed by atoms with Crippen LogP contribution in [-0.4, -0.2) is 4.98 Å². The van der Waals surface area contributed by atoms with Crippen molar-refractivity contribution in [3.63, 3.8) is 0 Å². The lowest BCUT2D eigenvalue weighted by Gasteiger charge is -2.23. The molecule has 0 fully saturated rings. The SMILES string of the molecule is CC(C)C(NCc1ccccn1)c1ccc(Cl)cc1. The molecule has 0 aliphatic heterocycles. The highest BCUT2D eigenvalue weighted by atomic mass is 35.5. The van der Waals surface area contributed by atoms with Gasteiger partial charge in [0.25, 0.3) is 0 Å². The van der Waals surface area contributed by atoms with Crippen molar-refractivity contribution in [2.75, 3.05) is 0 Å². The molecule has 1 N–H and O–H groups in total. The highest BCUT2D eigenvalue weighted by Gasteiger charge is 2.15. The van der Waals surface area contributed by atoms with Crippen LogP contribution in [0.5, 0.6) is 0 Å². The summed E-state index contributed by atoms with van der Waals surface area (Å²) in [6.07, 6.45) is 1.82. The first-order valence-electron chi connectivity index (χ1n) is 6.55. The van der Waals surface area contributed by atoms with Gasteiger partial charge in [0.05, 0.1) is 5.69 Å². The van der Waals surface area contributed by atoms with E-state index in [0.29, 0.717) is 12.0 Å². The van der Waals surface area contributed by atoms with E-state index in [9.17, 15) is 0 Å². The van der Waals surface area contributed by atoms with Gasteiger partial charge >= 0.3 is 0 Å². The van der Waals surface area contributed by atoms with Gasteiger partial charge in [0, 0.05) is 23.8 Å². The first kappa shape index (κ1) is 14.0. The van der Waals surface area contributed by atoms with Crippen LogP contribution >= 0.6 is 11.6 Å². The smallest absolute Gasteiger partial charge is 0.0541 e. The van der Waals surface area contributed by atoms with Gasteiger partial charge in [-0.1, -0.05) is 43.6 Å². The minimum Gasteiger partial charge on any atom is -0.304 e. The fraction of sp³-hybridized carbons (Fsp3) is 0.312. The predicted molar refractivity (Wildman–Crippen MR) is 80.1 cm³/mol. The summed E-state index contributed by atoms with van der Waals surface area (Å²) < 4.78 is 0. The second-order valence-electron chi connectivity index (χ2n) is 4.98. The molecule has 0 spiro atoms. The zero-order valence-corrected chi connectivity index (χ0v) is 12.1. The molecule has 0 aliphatic carbocycles. The number of hydrogen-bond acceptors (Lipinski definition) is 2. The molecular formula is C16H19ClN2. The van der Waals surface area contributed by atoms with Crippen LogP contribution in [0.3, 0.4) is 0 Å². The maximum atomic E-state index is 5.94. The van der Waals surface area contributed by atoms with E-state index in [0.717, 1.165) is 17.3 Å². The van der Waals surface area contributed by atoms with Gasteiger partial charge < -0.3 is 5.32 Å². The Morgan fingerprint density at radius 3 is 2.42 bits per heavy atom. The first-order valence-corrected chi connectivity index (χ1v) is 6.93. The summed E-state index contributed by atoms with van der Waals surface area (Å²) in [4.78, 5) is 4.33. The Morgan fingerprint density at radius 2 is 1.84 bits per heavy atom. The summed E-state index contributed by atoms with van der Waals surface area (Å²) in [6.45, 7) is 5.20. The molecule has 0 saturated carbocycles. The van der Waals surface area contributed by atoms with E-state index < -0.39 is 0 Å². The maximum absolute atomic E-state index is 5.94. The average Bonchev–Trinajstić information content (AvgIpc) is 2.42. The average molecular weight is 275 g/mol. The topological polar surface area (TPSA) is 24.9 Å². The first-order chi connectivity index (χ1) is 9.16. The van der Waals surface area contributed by atoms with Crippen LogP contribution < -0.4 is 5.32 Å². The molecule has 100 valence electrons. The third kappa shape index (κ3) is 4.05. The summed E-state index contributed by atoms with van der Waals surface area (Å²) in [5, 5.41) is 4.34. The van der Waals surface area contributed by atoms with Crippen molar-refractivity contribution in [3.8, 4) is 0 Å². The van der Waals surface area contributed by atoms with E-state index >= 15 is 0 Å². The zero-order chi connectivity index (χ0) is 13.7. The van der Waals surface area contributed by atoms with Crippen LogP contribution in [0, 0.1) is 5.92 Å². The number of halogens is 1. The van der Waals surface area contributed by atoms with Gasteiger partial charge in [-0.25, -0.2) is 0 Å². The Bertz CT molecular complexity index is 494. The van der Waals surface area contributed by atoms with Crippen molar-refractivity contribution < 1.29 is 0 Å². The van der Waals surface area contributed by atoms with Gasteiger partial charge in [-0.2, -0.15) is 0 Å². The number of rotatable bonds is 5. The van der Waals surface area contributed by atoms with Crippen molar-refractivity contribution in [1.29, 1.82) is 0 Å². The molecule has 2 rings (SSSR count). The summed E-state index contributed by atoms with van der Waals surface area (Å²) in [5.74, 6) is 0.505. The lowest BCUT2D eigenvalue weighted by molar-refractivity contribution is 0.408. The van der Waals surface area contributed by atoms with Crippen LogP contribution in [0.2, 0.25) is 5.02 Å². The summed E-state index contributed by atoms with van der Waals surface area (Å²) in [5.41, 5.74) is 2.32. The van der Waals surface area contributed by atoms with E-state index in [4.69, 9.17) is 11.6 Å². The predicted octanol–water partition coefficient (Wildman–Crippen LogP) is 4.22. The van der Waals surface area contributed by atoms with Crippen molar-refractivity contribution in [3.05, 3.63) is 64.9 Å². The summed E-state index contributed by atoms with van der Waals surface area (Å²) in [6, 6.07) is 14.3. The van der Waals surface area contributed by atoms with Gasteiger partial charge in [0.15, 0.2) is 0 Å². The van der Waals surface area contributed by atoms with E-state index in [1.807, 2.05) is 36.5 Å². The molecule has 1 aromatic heterocycles. The molecule has 19 heavy (non-hydrogen) atoms. The van der Waals surface area contributed by atoms with Crippen molar-refractivity contribution in [1.82, 2.24) is 10.3 Å². The van der Waals surface area contributed by atoms with Crippen molar-refractivity contribution in [2.24, 2.45) is 5.92 Å². The second kappa shape index (κ2) is 6.69. The molecular weight excluding hydrogens is 256 g/mol. The van der Waals surface area contributed by atoms with E-state index in [2.05, 4.69) is 36.3 Å². The van der Waals surface area contributed by atoms with Crippen LogP contribution in [0.1, 0.15) is 31.1 Å². The highest BCUT2D eigenvalue weighted by molar-refractivity contribution is 6.30. The third-order valence-electron chi connectivity index (χ3n) is 3.13. The van der Waals surface area contributed by atoms with Crippen LogP contribution in [0.15, 0.2) is 48.7 Å². The largest absolute Gasteiger partial charge is 0.304 e. The minimum absolute atomic E-state index is 0.305. The lowest BCUT2D eigenvalue weighted by Crippen LogP contribution is -2.25. The van der Waals surface area contributed by atoms with Gasteiger partial charge in [-0.05, 0) is 35.7 Å².